The molecule has 0 spiro atoms. The zero-order valence-corrected chi connectivity index (χ0v) is 24.8. The van der Waals surface area contributed by atoms with Crippen LogP contribution in [0.2, 0.25) is 5.02 Å². The van der Waals surface area contributed by atoms with Crippen molar-refractivity contribution in [2.24, 2.45) is 0 Å². The molecule has 3 aliphatic rings. The molecule has 2 unspecified atom stereocenters. The molecule has 2 bridgehead atoms. The van der Waals surface area contributed by atoms with Crippen LogP contribution in [0.5, 0.6) is 6.01 Å². The van der Waals surface area contributed by atoms with Gasteiger partial charge in [-0.1, -0.05) is 17.7 Å². The summed E-state index contributed by atoms with van der Waals surface area (Å²) in [6, 6.07) is 6.22. The molecule has 220 valence electrons. The first-order valence-electron chi connectivity index (χ1n) is 13.7. The van der Waals surface area contributed by atoms with E-state index in [0.717, 1.165) is 11.3 Å². The van der Waals surface area contributed by atoms with Gasteiger partial charge in [-0.25, -0.2) is 8.78 Å². The minimum atomic E-state index is -0.724. The standard InChI is InChI=1S/C24H19ClF2N6O2S.C5H11N/c1-34-24-31-20-13(23(32-24)33-10-6-30-7-11(33)9-35-8-10)4-15(25)18(19(20)27)12-2-3-16(26)21-17(12)14(5-28)22(29)36-21;1-6-4-2-3-5-6/h2-4,10-11,30H,6-9,29H2,1H3;2-5H2,1H3. The number of hydrogen-bond donors (Lipinski definition) is 2. The number of nitrogens with zero attached hydrogens (tertiary/aromatic N) is 5. The maximum Gasteiger partial charge on any atom is 0.318 e. The molecule has 2 atom stereocenters. The van der Waals surface area contributed by atoms with E-state index in [4.69, 9.17) is 26.8 Å². The van der Waals surface area contributed by atoms with Gasteiger partial charge in [0.25, 0.3) is 0 Å². The summed E-state index contributed by atoms with van der Waals surface area (Å²) in [5, 5.41) is 13.9. The first-order valence-corrected chi connectivity index (χ1v) is 14.9. The summed E-state index contributed by atoms with van der Waals surface area (Å²) in [5.41, 5.74) is 6.32. The van der Waals surface area contributed by atoms with Gasteiger partial charge < -0.3 is 30.3 Å². The summed E-state index contributed by atoms with van der Waals surface area (Å²) >= 11 is 7.64. The first-order chi connectivity index (χ1) is 20.3. The zero-order chi connectivity index (χ0) is 29.5. The van der Waals surface area contributed by atoms with Gasteiger partial charge in [0.1, 0.15) is 28.2 Å². The number of benzene rings is 2. The number of rotatable bonds is 3. The number of thiophene rings is 1. The van der Waals surface area contributed by atoms with Crippen molar-refractivity contribution >= 4 is 54.7 Å². The number of halogens is 3. The Morgan fingerprint density at radius 1 is 1.19 bits per heavy atom. The second-order valence-electron chi connectivity index (χ2n) is 10.7. The number of nitrogens with one attached hydrogen (secondary N) is 1. The quantitative estimate of drug-likeness (QED) is 0.337. The van der Waals surface area contributed by atoms with Gasteiger partial charge in [0, 0.05) is 29.4 Å². The third-order valence-electron chi connectivity index (χ3n) is 7.97. The number of methoxy groups -OCH3 is 1. The molecule has 3 N–H and O–H groups in total. The number of hydrogen-bond acceptors (Lipinski definition) is 10. The summed E-state index contributed by atoms with van der Waals surface area (Å²) < 4.78 is 42.2. The Hall–Kier alpha value is -3.34. The van der Waals surface area contributed by atoms with Crippen LogP contribution >= 0.6 is 22.9 Å². The van der Waals surface area contributed by atoms with Crippen LogP contribution in [0, 0.1) is 23.0 Å². The average molecular weight is 614 g/mol. The number of likely N-dealkylation sites (tertiary alicyclic amines) is 1. The zero-order valence-electron chi connectivity index (χ0n) is 23.2. The Morgan fingerprint density at radius 2 is 1.90 bits per heavy atom. The van der Waals surface area contributed by atoms with E-state index in [-0.39, 0.29) is 60.4 Å². The smallest absolute Gasteiger partial charge is 0.318 e. The van der Waals surface area contributed by atoms with Crippen LogP contribution in [0.15, 0.2) is 18.2 Å². The van der Waals surface area contributed by atoms with E-state index in [9.17, 15) is 9.65 Å². The normalized spacial score (nSPS) is 20.4. The highest BCUT2D eigenvalue weighted by Crippen LogP contribution is 2.46. The lowest BCUT2D eigenvalue weighted by atomic mass is 9.96. The Morgan fingerprint density at radius 3 is 2.52 bits per heavy atom. The van der Waals surface area contributed by atoms with Gasteiger partial charge in [-0.05, 0) is 50.7 Å². The third-order valence-corrected chi connectivity index (χ3v) is 9.29. The second-order valence-corrected chi connectivity index (χ2v) is 12.1. The van der Waals surface area contributed by atoms with Gasteiger partial charge >= 0.3 is 6.01 Å². The van der Waals surface area contributed by atoms with Gasteiger partial charge in [0.05, 0.1) is 47.7 Å². The molecule has 13 heteroatoms. The van der Waals surface area contributed by atoms with Gasteiger partial charge in [0.2, 0.25) is 0 Å². The van der Waals surface area contributed by atoms with Crippen LogP contribution in [-0.4, -0.2) is 80.5 Å². The molecule has 0 saturated carbocycles. The predicted molar refractivity (Wildman–Crippen MR) is 161 cm³/mol. The van der Waals surface area contributed by atoms with Crippen LogP contribution in [0.4, 0.5) is 19.6 Å². The molecule has 7 rings (SSSR count). The van der Waals surface area contributed by atoms with E-state index in [1.807, 2.05) is 6.07 Å². The van der Waals surface area contributed by atoms with E-state index in [1.54, 1.807) is 6.07 Å². The average Bonchev–Trinajstić information content (AvgIpc) is 3.59. The van der Waals surface area contributed by atoms with Crippen LogP contribution in [0.3, 0.4) is 0 Å². The molecule has 5 heterocycles. The maximum absolute atomic E-state index is 16.3. The molecule has 42 heavy (non-hydrogen) atoms. The Bertz CT molecular complexity index is 1680. The minimum absolute atomic E-state index is 0.000918. The molecule has 4 aromatic rings. The molecule has 3 aliphatic heterocycles. The Labute approximate surface area is 250 Å². The van der Waals surface area contributed by atoms with Crippen molar-refractivity contribution in [2.45, 2.75) is 24.9 Å². The van der Waals surface area contributed by atoms with Crippen molar-refractivity contribution in [1.29, 1.82) is 5.26 Å². The summed E-state index contributed by atoms with van der Waals surface area (Å²) in [6.07, 6.45) is 2.83. The molecule has 2 aromatic heterocycles. The molecule has 0 amide bonds. The number of ether oxygens (including phenoxy) is 2. The van der Waals surface area contributed by atoms with Crippen molar-refractivity contribution in [3.05, 3.63) is 40.4 Å². The highest BCUT2D eigenvalue weighted by molar-refractivity contribution is 7.23. The number of anilines is 2. The number of morpholine rings is 1. The summed E-state index contributed by atoms with van der Waals surface area (Å²) in [7, 11) is 3.59. The summed E-state index contributed by atoms with van der Waals surface area (Å²) in [4.78, 5) is 13.4. The number of nitriles is 1. The van der Waals surface area contributed by atoms with Gasteiger partial charge in [-0.2, -0.15) is 15.2 Å². The number of aromatic nitrogens is 2. The Kier molecular flexibility index (Phi) is 8.04. The Balaban J connectivity index is 0.000000470. The van der Waals surface area contributed by atoms with Crippen molar-refractivity contribution < 1.29 is 18.3 Å². The largest absolute Gasteiger partial charge is 0.467 e. The fourth-order valence-corrected chi connectivity index (χ4v) is 7.20. The molecule has 3 saturated heterocycles. The van der Waals surface area contributed by atoms with Gasteiger partial charge in [0.15, 0.2) is 5.82 Å². The number of piperazine rings is 1. The lowest BCUT2D eigenvalue weighted by Gasteiger charge is -2.47. The second kappa shape index (κ2) is 11.7. The lowest BCUT2D eigenvalue weighted by Crippen LogP contribution is -2.64. The summed E-state index contributed by atoms with van der Waals surface area (Å²) in [5.74, 6) is -0.772. The molecular formula is C29H30ClF2N7O2S. The van der Waals surface area contributed by atoms with Gasteiger partial charge in [-0.15, -0.1) is 11.3 Å². The molecule has 0 aliphatic carbocycles. The molecule has 9 nitrogen and oxygen atoms in total. The highest BCUT2D eigenvalue weighted by atomic mass is 35.5. The van der Waals surface area contributed by atoms with Crippen LogP contribution in [-0.2, 0) is 4.74 Å². The van der Waals surface area contributed by atoms with E-state index >= 15 is 4.39 Å². The monoisotopic (exact) mass is 613 g/mol. The lowest BCUT2D eigenvalue weighted by molar-refractivity contribution is 0.0524. The molecular weight excluding hydrogens is 584 g/mol. The van der Waals surface area contributed by atoms with Gasteiger partial charge in [-0.3, -0.25) is 0 Å². The van der Waals surface area contributed by atoms with E-state index in [1.165, 1.54) is 45.2 Å². The third kappa shape index (κ3) is 4.99. The SMILES string of the molecule is CN1CCCC1.COc1nc(N2C3CNCC2COC3)c2cc(Cl)c(-c3ccc(F)c4sc(N)c(C#N)c34)c(F)c2n1. The fraction of sp³-hybridized carbons (Fsp3) is 0.414. The number of nitrogen functional groups attached to an aromatic ring is 1. The van der Waals surface area contributed by atoms with Crippen LogP contribution in [0.25, 0.3) is 32.1 Å². The number of fused-ring (bicyclic) bond motifs is 4. The van der Waals surface area contributed by atoms with Crippen molar-refractivity contribution in [1.82, 2.24) is 20.2 Å². The molecule has 2 aromatic carbocycles. The van der Waals surface area contributed by atoms with Crippen molar-refractivity contribution in [2.75, 3.05) is 64.2 Å². The summed E-state index contributed by atoms with van der Waals surface area (Å²) in [6.45, 7) is 5.00. The van der Waals surface area contributed by atoms with E-state index in [0.29, 0.717) is 37.5 Å². The molecule has 3 fully saturated rings. The van der Waals surface area contributed by atoms with Crippen molar-refractivity contribution in [3.63, 3.8) is 0 Å². The maximum atomic E-state index is 16.3. The topological polar surface area (TPSA) is 113 Å². The molecule has 0 radical (unpaired) electrons. The minimum Gasteiger partial charge on any atom is -0.467 e. The van der Waals surface area contributed by atoms with E-state index < -0.39 is 11.6 Å². The first kappa shape index (κ1) is 28.8. The number of nitrogens with two attached hydrogens (primary N) is 1. The van der Waals surface area contributed by atoms with Crippen molar-refractivity contribution in [3.8, 4) is 23.2 Å². The predicted octanol–water partition coefficient (Wildman–Crippen LogP) is 4.79. The van der Waals surface area contributed by atoms with Crippen LogP contribution in [0.1, 0.15) is 18.4 Å². The van der Waals surface area contributed by atoms with E-state index in [2.05, 4.69) is 32.1 Å². The fourth-order valence-electron chi connectivity index (χ4n) is 5.95. The van der Waals surface area contributed by atoms with Crippen LogP contribution < -0.4 is 20.7 Å². The highest BCUT2D eigenvalue weighted by Gasteiger charge is 2.37.